The molecule has 150 valence electrons. The van der Waals surface area contributed by atoms with Crippen molar-refractivity contribution in [2.45, 2.75) is 113 Å². The van der Waals surface area contributed by atoms with Crippen molar-refractivity contribution in [1.82, 2.24) is 0 Å². The molecule has 3 aliphatic carbocycles. The molecule has 6 nitrogen and oxygen atoms in total. The summed E-state index contributed by atoms with van der Waals surface area (Å²) in [5, 5.41) is 0. The van der Waals surface area contributed by atoms with Gasteiger partial charge in [-0.15, -0.1) is 0 Å². The van der Waals surface area contributed by atoms with Crippen molar-refractivity contribution in [3.8, 4) is 0 Å². The molecule has 0 spiro atoms. The van der Waals surface area contributed by atoms with Crippen LogP contribution in [0.15, 0.2) is 0 Å². The molecule has 0 radical (unpaired) electrons. The molecule has 3 rings (SSSR count). The first-order valence-corrected chi connectivity index (χ1v) is 9.68. The molecule has 3 fully saturated rings. The monoisotopic (exact) mass is 395 g/mol. The fourth-order valence-electron chi connectivity index (χ4n) is 3.39. The van der Waals surface area contributed by atoms with Crippen LogP contribution in [0.1, 0.15) is 77.0 Å². The van der Waals surface area contributed by atoms with Gasteiger partial charge in [-0.3, -0.25) is 0 Å². The minimum atomic E-state index is -0.0799. The van der Waals surface area contributed by atoms with Gasteiger partial charge in [-0.2, -0.15) is 36.3 Å². The van der Waals surface area contributed by atoms with Crippen LogP contribution >= 0.6 is 0 Å². The Bertz CT molecular complexity index is 242. The standard InChI is InChI=1S/3C6H12N2.Co/c3*7-5-3-1-2-4-6(5)8;/h3*5-8H,1-4H2;/q3*-2;+3. The van der Waals surface area contributed by atoms with Gasteiger partial charge in [-0.1, -0.05) is 77.0 Å². The molecule has 0 amide bonds. The summed E-state index contributed by atoms with van der Waals surface area (Å²) in [6, 6.07) is -0.479. The molecule has 3 saturated carbocycles. The predicted molar refractivity (Wildman–Crippen MR) is 104 cm³/mol. The Morgan fingerprint density at radius 2 is 0.440 bits per heavy atom. The fourth-order valence-corrected chi connectivity index (χ4v) is 3.39. The van der Waals surface area contributed by atoms with E-state index < -0.39 is 0 Å². The Kier molecular flexibility index (Phi) is 14.5. The molecular weight excluding hydrogens is 359 g/mol. The van der Waals surface area contributed by atoms with E-state index in [1.165, 1.54) is 38.5 Å². The molecule has 6 N–H and O–H groups in total. The number of hydrogen-bond acceptors (Lipinski definition) is 0. The molecule has 3 aliphatic rings. The fraction of sp³-hybridized carbons (Fsp3) is 1.00. The van der Waals surface area contributed by atoms with Crippen LogP contribution in [0.5, 0.6) is 0 Å². The molecule has 0 aliphatic heterocycles. The summed E-state index contributed by atoms with van der Waals surface area (Å²) in [6.45, 7) is 0. The maximum absolute atomic E-state index is 7.29. The first-order valence-electron chi connectivity index (χ1n) is 9.68. The van der Waals surface area contributed by atoms with Crippen molar-refractivity contribution in [3.05, 3.63) is 34.4 Å². The average Bonchev–Trinajstić information content (AvgIpc) is 2.57. The minimum Gasteiger partial charge on any atom is -0.676 e. The van der Waals surface area contributed by atoms with Gasteiger partial charge in [0.15, 0.2) is 0 Å². The average molecular weight is 395 g/mol. The smallest absolute Gasteiger partial charge is 0.676 e. The van der Waals surface area contributed by atoms with Crippen LogP contribution in [-0.4, -0.2) is 36.3 Å². The van der Waals surface area contributed by atoms with Crippen LogP contribution in [0.3, 0.4) is 0 Å². The number of hydrogen-bond donors (Lipinski definition) is 0. The van der Waals surface area contributed by atoms with Gasteiger partial charge in [0.1, 0.15) is 0 Å². The third kappa shape index (κ3) is 10.9. The van der Waals surface area contributed by atoms with Crippen molar-refractivity contribution in [2.75, 3.05) is 0 Å². The van der Waals surface area contributed by atoms with E-state index in [1.807, 2.05) is 0 Å². The van der Waals surface area contributed by atoms with E-state index in [0.717, 1.165) is 38.5 Å². The maximum atomic E-state index is 7.29. The zero-order chi connectivity index (χ0) is 17.9. The normalized spacial score (nSPS) is 38.2. The van der Waals surface area contributed by atoms with Crippen molar-refractivity contribution in [3.63, 3.8) is 0 Å². The third-order valence-electron chi connectivity index (χ3n) is 5.30. The third-order valence-corrected chi connectivity index (χ3v) is 5.30. The molecule has 25 heavy (non-hydrogen) atoms. The van der Waals surface area contributed by atoms with Gasteiger partial charge in [0.2, 0.25) is 0 Å². The first kappa shape index (κ1) is 25.3. The molecular formula is C18H36CoN6-3. The zero-order valence-electron chi connectivity index (χ0n) is 15.3. The van der Waals surface area contributed by atoms with Crippen molar-refractivity contribution >= 4 is 0 Å². The van der Waals surface area contributed by atoms with E-state index >= 15 is 0 Å². The van der Waals surface area contributed by atoms with Gasteiger partial charge >= 0.3 is 16.8 Å². The van der Waals surface area contributed by atoms with E-state index in [-0.39, 0.29) is 53.0 Å². The van der Waals surface area contributed by atoms with Gasteiger partial charge < -0.3 is 34.4 Å². The maximum Gasteiger partial charge on any atom is 3.00 e. The van der Waals surface area contributed by atoms with Crippen molar-refractivity contribution < 1.29 is 16.8 Å². The first-order chi connectivity index (χ1) is 11.4. The largest absolute Gasteiger partial charge is 3.00 e. The van der Waals surface area contributed by atoms with Crippen molar-refractivity contribution in [1.29, 1.82) is 0 Å². The van der Waals surface area contributed by atoms with Gasteiger partial charge in [-0.05, 0) is 0 Å². The summed E-state index contributed by atoms with van der Waals surface area (Å²) in [5.74, 6) is 0. The van der Waals surface area contributed by atoms with E-state index in [2.05, 4.69) is 0 Å². The topological polar surface area (TPSA) is 143 Å². The van der Waals surface area contributed by atoms with Crippen LogP contribution in [0.4, 0.5) is 0 Å². The van der Waals surface area contributed by atoms with E-state index in [1.54, 1.807) is 0 Å². The van der Waals surface area contributed by atoms with Gasteiger partial charge in [0.25, 0.3) is 0 Å². The summed E-state index contributed by atoms with van der Waals surface area (Å²) >= 11 is 0. The predicted octanol–water partition coefficient (Wildman–Crippen LogP) is 7.20. The van der Waals surface area contributed by atoms with Gasteiger partial charge in [-0.25, -0.2) is 0 Å². The molecule has 0 bridgehead atoms. The second-order valence-electron chi connectivity index (χ2n) is 7.49. The Morgan fingerprint density at radius 3 is 0.520 bits per heavy atom. The second-order valence-corrected chi connectivity index (χ2v) is 7.49. The zero-order valence-corrected chi connectivity index (χ0v) is 16.3. The summed E-state index contributed by atoms with van der Waals surface area (Å²) in [7, 11) is 0. The van der Waals surface area contributed by atoms with Gasteiger partial charge in [0, 0.05) is 0 Å². The van der Waals surface area contributed by atoms with Crippen LogP contribution in [0, 0.1) is 0 Å². The molecule has 0 aromatic rings. The van der Waals surface area contributed by atoms with Crippen LogP contribution in [-0.2, 0) is 16.8 Å². The summed E-state index contributed by atoms with van der Waals surface area (Å²) in [6.07, 6.45) is 12.7. The molecule has 6 unspecified atom stereocenters. The molecule has 0 saturated heterocycles. The molecule has 6 atom stereocenters. The molecule has 0 heterocycles. The summed E-state index contributed by atoms with van der Waals surface area (Å²) in [4.78, 5) is 0. The number of rotatable bonds is 0. The van der Waals surface area contributed by atoms with Crippen LogP contribution < -0.4 is 0 Å². The quantitative estimate of drug-likeness (QED) is 0.408. The van der Waals surface area contributed by atoms with E-state index in [9.17, 15) is 0 Å². The Hall–Kier alpha value is 0.266. The van der Waals surface area contributed by atoms with Crippen molar-refractivity contribution in [2.24, 2.45) is 0 Å². The summed E-state index contributed by atoms with van der Waals surface area (Å²) in [5.41, 5.74) is 43.7. The Labute approximate surface area is 164 Å². The molecule has 0 aromatic carbocycles. The van der Waals surface area contributed by atoms with Crippen LogP contribution in [0.2, 0.25) is 0 Å². The Balaban J connectivity index is 0.000000339. The molecule has 0 aromatic heterocycles. The van der Waals surface area contributed by atoms with E-state index in [0.29, 0.717) is 0 Å². The SMILES string of the molecule is [Co+3].[NH-]C1CCCCC1[NH-].[NH-]C1CCCCC1[NH-].[NH-]C1CCCCC1[NH-]. The summed E-state index contributed by atoms with van der Waals surface area (Å²) < 4.78 is 0. The van der Waals surface area contributed by atoms with Gasteiger partial charge in [0.05, 0.1) is 0 Å². The number of nitrogens with one attached hydrogen (secondary N) is 6. The van der Waals surface area contributed by atoms with Crippen LogP contribution in [0.25, 0.3) is 34.4 Å². The Morgan fingerprint density at radius 1 is 0.320 bits per heavy atom. The minimum absolute atomic E-state index is 0. The second kappa shape index (κ2) is 14.3. The molecule has 7 heteroatoms. The van der Waals surface area contributed by atoms with E-state index in [4.69, 9.17) is 34.4 Å².